The van der Waals surface area contributed by atoms with Crippen molar-refractivity contribution in [1.29, 1.82) is 0 Å². The van der Waals surface area contributed by atoms with Crippen LogP contribution in [0.2, 0.25) is 0 Å². The van der Waals surface area contributed by atoms with Gasteiger partial charge in [0, 0.05) is 11.9 Å². The highest BCUT2D eigenvalue weighted by atomic mass is 32.2. The molecule has 0 fully saturated rings. The molecule has 2 aromatic rings. The van der Waals surface area contributed by atoms with E-state index >= 15 is 0 Å². The van der Waals surface area contributed by atoms with Crippen LogP contribution in [0.15, 0.2) is 35.2 Å². The molecule has 1 aromatic carbocycles. The van der Waals surface area contributed by atoms with Crippen LogP contribution in [0, 0.1) is 12.7 Å². The maximum Gasteiger partial charge on any atom is 0.263 e. The van der Waals surface area contributed by atoms with Crippen LogP contribution in [0.4, 0.5) is 10.1 Å². The molecule has 0 unspecified atom stereocenters. The lowest BCUT2D eigenvalue weighted by Crippen LogP contribution is -2.16. The Morgan fingerprint density at radius 3 is 2.62 bits per heavy atom. The van der Waals surface area contributed by atoms with Gasteiger partial charge in [0.05, 0.1) is 10.6 Å². The fourth-order valence-corrected chi connectivity index (χ4v) is 4.32. The summed E-state index contributed by atoms with van der Waals surface area (Å²) < 4.78 is 40.0. The number of hydrogen-bond donors (Lipinski definition) is 2. The summed E-state index contributed by atoms with van der Waals surface area (Å²) in [5.41, 5.74) is 0.127. The zero-order valence-corrected chi connectivity index (χ0v) is 12.9. The first kappa shape index (κ1) is 15.5. The second kappa shape index (κ2) is 5.82. The van der Waals surface area contributed by atoms with Gasteiger partial charge in [-0.1, -0.05) is 6.07 Å². The topological polar surface area (TPSA) is 75.3 Å². The Morgan fingerprint density at radius 1 is 1.29 bits per heavy atom. The van der Waals surface area contributed by atoms with E-state index in [9.17, 15) is 17.6 Å². The Bertz CT molecular complexity index is 784. The van der Waals surface area contributed by atoms with Crippen molar-refractivity contribution in [1.82, 2.24) is 5.32 Å². The summed E-state index contributed by atoms with van der Waals surface area (Å²) in [5, 5.41) is 2.44. The van der Waals surface area contributed by atoms with Gasteiger partial charge in [-0.2, -0.15) is 0 Å². The van der Waals surface area contributed by atoms with Crippen LogP contribution in [0.25, 0.3) is 0 Å². The summed E-state index contributed by atoms with van der Waals surface area (Å²) in [6.07, 6.45) is 0. The normalized spacial score (nSPS) is 11.2. The molecule has 5 nitrogen and oxygen atoms in total. The van der Waals surface area contributed by atoms with Gasteiger partial charge in [-0.3, -0.25) is 9.52 Å². The third-order valence-corrected chi connectivity index (χ3v) is 5.38. The smallest absolute Gasteiger partial charge is 0.263 e. The number of anilines is 1. The van der Waals surface area contributed by atoms with E-state index in [1.54, 1.807) is 6.92 Å². The zero-order valence-electron chi connectivity index (χ0n) is 11.3. The van der Waals surface area contributed by atoms with Crippen molar-refractivity contribution in [3.8, 4) is 0 Å². The number of aryl methyl sites for hydroxylation is 1. The molecule has 0 bridgehead atoms. The molecule has 1 heterocycles. The van der Waals surface area contributed by atoms with E-state index in [0.29, 0.717) is 9.75 Å². The van der Waals surface area contributed by atoms with E-state index in [4.69, 9.17) is 0 Å². The lowest BCUT2D eigenvalue weighted by Gasteiger charge is -2.07. The number of halogens is 1. The molecule has 0 spiro atoms. The molecular formula is C13H13FN2O3S2. The summed E-state index contributed by atoms with van der Waals surface area (Å²) in [6.45, 7) is 1.61. The van der Waals surface area contributed by atoms with Gasteiger partial charge in [-0.15, -0.1) is 11.3 Å². The maximum atomic E-state index is 13.1. The average molecular weight is 328 g/mol. The van der Waals surface area contributed by atoms with Crippen LogP contribution in [0.5, 0.6) is 0 Å². The fraction of sp³-hybridized carbons (Fsp3) is 0.154. The number of hydrogen-bond acceptors (Lipinski definition) is 4. The zero-order chi connectivity index (χ0) is 15.6. The lowest BCUT2D eigenvalue weighted by atomic mass is 10.3. The van der Waals surface area contributed by atoms with Crippen molar-refractivity contribution in [2.75, 3.05) is 11.8 Å². The molecule has 2 rings (SSSR count). The third-order valence-electron chi connectivity index (χ3n) is 2.69. The fourth-order valence-electron chi connectivity index (χ4n) is 1.73. The average Bonchev–Trinajstić information content (AvgIpc) is 2.80. The van der Waals surface area contributed by atoms with Crippen molar-refractivity contribution in [3.63, 3.8) is 0 Å². The van der Waals surface area contributed by atoms with E-state index in [1.807, 2.05) is 0 Å². The molecule has 0 saturated carbocycles. The van der Waals surface area contributed by atoms with Crippen molar-refractivity contribution in [3.05, 3.63) is 45.9 Å². The number of amides is 1. The number of nitrogens with one attached hydrogen (secondary N) is 2. The van der Waals surface area contributed by atoms with Crippen LogP contribution in [0.3, 0.4) is 0 Å². The van der Waals surface area contributed by atoms with Crippen molar-refractivity contribution >= 4 is 33.0 Å². The van der Waals surface area contributed by atoms with Crippen LogP contribution in [-0.4, -0.2) is 21.4 Å². The minimum absolute atomic E-state index is 0.00959. The highest BCUT2D eigenvalue weighted by molar-refractivity contribution is 7.93. The van der Waals surface area contributed by atoms with E-state index in [0.717, 1.165) is 17.4 Å². The number of rotatable bonds is 4. The number of sulfonamides is 1. The Balaban J connectivity index is 2.36. The molecule has 112 valence electrons. The molecule has 0 atom stereocenters. The van der Waals surface area contributed by atoms with E-state index in [1.165, 1.54) is 31.3 Å². The molecule has 1 aromatic heterocycles. The summed E-state index contributed by atoms with van der Waals surface area (Å²) in [6, 6.07) is 6.46. The number of carbonyl (C=O) groups excluding carboxylic acids is 1. The minimum Gasteiger partial charge on any atom is -0.354 e. The summed E-state index contributed by atoms with van der Waals surface area (Å²) >= 11 is 1.08. The third kappa shape index (κ3) is 3.40. The maximum absolute atomic E-state index is 13.1. The van der Waals surface area contributed by atoms with E-state index < -0.39 is 15.8 Å². The Morgan fingerprint density at radius 2 is 2.00 bits per heavy atom. The quantitative estimate of drug-likeness (QED) is 0.905. The second-order valence-corrected chi connectivity index (χ2v) is 7.13. The van der Waals surface area contributed by atoms with E-state index in [-0.39, 0.29) is 16.5 Å². The summed E-state index contributed by atoms with van der Waals surface area (Å²) in [7, 11) is -2.40. The molecule has 21 heavy (non-hydrogen) atoms. The van der Waals surface area contributed by atoms with Gasteiger partial charge in [0.25, 0.3) is 15.9 Å². The highest BCUT2D eigenvalue weighted by Crippen LogP contribution is 2.27. The molecule has 0 aliphatic rings. The van der Waals surface area contributed by atoms with Gasteiger partial charge in [-0.05, 0) is 31.2 Å². The molecule has 0 aliphatic carbocycles. The first-order valence-electron chi connectivity index (χ1n) is 5.94. The van der Waals surface area contributed by atoms with Gasteiger partial charge in [0.15, 0.2) is 0 Å². The van der Waals surface area contributed by atoms with Crippen LogP contribution >= 0.6 is 11.3 Å². The first-order chi connectivity index (χ1) is 9.83. The summed E-state index contributed by atoms with van der Waals surface area (Å²) in [5.74, 6) is -0.890. The predicted octanol–water partition coefficient (Wildman–Crippen LogP) is 2.36. The van der Waals surface area contributed by atoms with Crippen molar-refractivity contribution < 1.29 is 17.6 Å². The molecular weight excluding hydrogens is 315 g/mol. The number of carbonyl (C=O) groups is 1. The van der Waals surface area contributed by atoms with Gasteiger partial charge >= 0.3 is 0 Å². The lowest BCUT2D eigenvalue weighted by molar-refractivity contribution is 0.0967. The number of thiophene rings is 1. The van der Waals surface area contributed by atoms with E-state index in [2.05, 4.69) is 10.0 Å². The largest absolute Gasteiger partial charge is 0.354 e. The SMILES string of the molecule is CNC(=O)c1cc(S(=O)(=O)Nc2cccc(F)c2)c(C)s1. The molecule has 8 heteroatoms. The Labute approximate surface area is 125 Å². The minimum atomic E-state index is -3.87. The van der Waals surface area contributed by atoms with Gasteiger partial charge in [-0.25, -0.2) is 12.8 Å². The molecule has 0 aliphatic heterocycles. The molecule has 2 N–H and O–H groups in total. The second-order valence-electron chi connectivity index (χ2n) is 4.23. The monoisotopic (exact) mass is 328 g/mol. The van der Waals surface area contributed by atoms with Crippen LogP contribution in [0.1, 0.15) is 14.5 Å². The first-order valence-corrected chi connectivity index (χ1v) is 8.24. The predicted molar refractivity (Wildman–Crippen MR) is 79.7 cm³/mol. The summed E-state index contributed by atoms with van der Waals surface area (Å²) in [4.78, 5) is 12.3. The van der Waals surface area contributed by atoms with Gasteiger partial charge in [0.2, 0.25) is 0 Å². The molecule has 0 radical (unpaired) electrons. The Hall–Kier alpha value is -1.93. The van der Waals surface area contributed by atoms with Crippen molar-refractivity contribution in [2.45, 2.75) is 11.8 Å². The number of benzene rings is 1. The Kier molecular flexibility index (Phi) is 4.29. The van der Waals surface area contributed by atoms with Gasteiger partial charge < -0.3 is 5.32 Å². The van der Waals surface area contributed by atoms with Gasteiger partial charge in [0.1, 0.15) is 10.7 Å². The molecule has 0 saturated heterocycles. The standard InChI is InChI=1S/C13H13FN2O3S2/c1-8-12(7-11(20-8)13(17)15-2)21(18,19)16-10-5-3-4-9(14)6-10/h3-7,16H,1-2H3,(H,15,17). The molecule has 1 amide bonds. The van der Waals surface area contributed by atoms with Crippen LogP contribution in [-0.2, 0) is 10.0 Å². The van der Waals surface area contributed by atoms with Crippen molar-refractivity contribution in [2.24, 2.45) is 0 Å². The van der Waals surface area contributed by atoms with Crippen LogP contribution < -0.4 is 10.0 Å². The highest BCUT2D eigenvalue weighted by Gasteiger charge is 2.22.